The third-order valence-corrected chi connectivity index (χ3v) is 3.66. The molecule has 0 aromatic heterocycles. The normalized spacial score (nSPS) is 18.7. The van der Waals surface area contributed by atoms with Crippen LogP contribution in [0.5, 0.6) is 0 Å². The van der Waals surface area contributed by atoms with Gasteiger partial charge in [-0.15, -0.1) is 0 Å². The zero-order chi connectivity index (χ0) is 13.1. The Hall–Kier alpha value is -1.55. The molecule has 0 heterocycles. The number of rotatable bonds is 4. The van der Waals surface area contributed by atoms with Crippen molar-refractivity contribution in [2.75, 3.05) is 19.3 Å². The summed E-state index contributed by atoms with van der Waals surface area (Å²) in [6.07, 6.45) is 3.51. The van der Waals surface area contributed by atoms with Crippen LogP contribution < -0.4 is 5.73 Å². The van der Waals surface area contributed by atoms with Gasteiger partial charge in [-0.1, -0.05) is 6.07 Å². The number of anilines is 1. The quantitative estimate of drug-likeness (QED) is 0.800. The summed E-state index contributed by atoms with van der Waals surface area (Å²) in [4.78, 5) is 12.8. The van der Waals surface area contributed by atoms with Crippen LogP contribution in [0, 0.1) is 0 Å². The van der Waals surface area contributed by atoms with Gasteiger partial charge in [0.15, 0.2) is 0 Å². The molecule has 1 atom stereocenters. The van der Waals surface area contributed by atoms with E-state index >= 15 is 0 Å². The summed E-state index contributed by atoms with van der Waals surface area (Å²) in [7, 11) is 1.99. The third kappa shape index (κ3) is 2.82. The van der Waals surface area contributed by atoms with E-state index in [1.54, 1.807) is 0 Å². The molecule has 0 radical (unpaired) electrons. The van der Waals surface area contributed by atoms with Gasteiger partial charge in [-0.05, 0) is 49.6 Å². The van der Waals surface area contributed by atoms with Gasteiger partial charge in [-0.3, -0.25) is 9.69 Å². The zero-order valence-corrected chi connectivity index (χ0v) is 10.7. The van der Waals surface area contributed by atoms with Crippen molar-refractivity contribution in [3.63, 3.8) is 0 Å². The number of hydrogen-bond donors (Lipinski definition) is 2. The van der Waals surface area contributed by atoms with Crippen molar-refractivity contribution in [1.29, 1.82) is 0 Å². The SMILES string of the molecule is CN(CCC(=O)O)C1CCCc2ccc(N)cc21. The van der Waals surface area contributed by atoms with Gasteiger partial charge in [0.05, 0.1) is 6.42 Å². The number of hydrogen-bond acceptors (Lipinski definition) is 3. The van der Waals surface area contributed by atoms with Crippen molar-refractivity contribution >= 4 is 11.7 Å². The largest absolute Gasteiger partial charge is 0.481 e. The second-order valence-electron chi connectivity index (χ2n) is 4.99. The number of fused-ring (bicyclic) bond motifs is 1. The van der Waals surface area contributed by atoms with Crippen LogP contribution in [0.4, 0.5) is 5.69 Å². The van der Waals surface area contributed by atoms with Gasteiger partial charge in [-0.2, -0.15) is 0 Å². The zero-order valence-electron chi connectivity index (χ0n) is 10.7. The molecule has 18 heavy (non-hydrogen) atoms. The maximum Gasteiger partial charge on any atom is 0.304 e. The summed E-state index contributed by atoms with van der Waals surface area (Å²) in [6, 6.07) is 6.38. The number of nitrogens with two attached hydrogens (primary N) is 1. The topological polar surface area (TPSA) is 66.6 Å². The van der Waals surface area contributed by atoms with E-state index in [-0.39, 0.29) is 6.42 Å². The molecule has 4 nitrogen and oxygen atoms in total. The summed E-state index contributed by atoms with van der Waals surface area (Å²) in [5.74, 6) is -0.745. The highest BCUT2D eigenvalue weighted by atomic mass is 16.4. The summed E-state index contributed by atoms with van der Waals surface area (Å²) >= 11 is 0. The average Bonchev–Trinajstić information content (AvgIpc) is 2.35. The van der Waals surface area contributed by atoms with Crippen LogP contribution in [0.25, 0.3) is 0 Å². The number of carboxylic acids is 1. The minimum atomic E-state index is -0.745. The Morgan fingerprint density at radius 1 is 1.56 bits per heavy atom. The molecule has 1 aliphatic carbocycles. The van der Waals surface area contributed by atoms with Crippen molar-refractivity contribution < 1.29 is 9.90 Å². The highest BCUT2D eigenvalue weighted by Gasteiger charge is 2.23. The van der Waals surface area contributed by atoms with Crippen molar-refractivity contribution in [2.45, 2.75) is 31.7 Å². The minimum Gasteiger partial charge on any atom is -0.481 e. The second kappa shape index (κ2) is 5.40. The molecule has 4 heteroatoms. The average molecular weight is 248 g/mol. The summed E-state index contributed by atoms with van der Waals surface area (Å²) in [5.41, 5.74) is 9.26. The first-order valence-electron chi connectivity index (χ1n) is 6.38. The van der Waals surface area contributed by atoms with E-state index in [0.29, 0.717) is 12.6 Å². The van der Waals surface area contributed by atoms with E-state index in [4.69, 9.17) is 10.8 Å². The molecule has 1 aliphatic rings. The molecule has 0 aliphatic heterocycles. The number of benzene rings is 1. The fraction of sp³-hybridized carbons (Fsp3) is 0.500. The number of nitrogen functional groups attached to an aromatic ring is 1. The molecule has 0 amide bonds. The fourth-order valence-electron chi connectivity index (χ4n) is 2.68. The Bertz CT molecular complexity index is 445. The summed E-state index contributed by atoms with van der Waals surface area (Å²) < 4.78 is 0. The number of aryl methyl sites for hydroxylation is 1. The maximum absolute atomic E-state index is 10.6. The van der Waals surface area contributed by atoms with E-state index in [1.165, 1.54) is 11.1 Å². The summed E-state index contributed by atoms with van der Waals surface area (Å²) in [5, 5.41) is 8.75. The highest BCUT2D eigenvalue weighted by Crippen LogP contribution is 2.34. The second-order valence-corrected chi connectivity index (χ2v) is 4.99. The number of nitrogens with zero attached hydrogens (tertiary/aromatic N) is 1. The van der Waals surface area contributed by atoms with E-state index in [9.17, 15) is 4.79 Å². The van der Waals surface area contributed by atoms with Gasteiger partial charge in [0.2, 0.25) is 0 Å². The first-order valence-corrected chi connectivity index (χ1v) is 6.38. The van der Waals surface area contributed by atoms with Crippen LogP contribution in [0.1, 0.15) is 36.4 Å². The molecule has 1 unspecified atom stereocenters. The Balaban J connectivity index is 2.15. The molecule has 2 rings (SSSR count). The Kier molecular flexibility index (Phi) is 3.87. The molecule has 0 saturated heterocycles. The van der Waals surface area contributed by atoms with Gasteiger partial charge in [0.25, 0.3) is 0 Å². The van der Waals surface area contributed by atoms with Gasteiger partial charge in [0, 0.05) is 18.3 Å². The Labute approximate surface area is 107 Å². The van der Waals surface area contributed by atoms with Gasteiger partial charge < -0.3 is 10.8 Å². The van der Waals surface area contributed by atoms with Gasteiger partial charge in [-0.25, -0.2) is 0 Å². The molecular formula is C14H20N2O2. The standard InChI is InChI=1S/C14H20N2O2/c1-16(8-7-14(17)18)13-4-2-3-10-5-6-11(15)9-12(10)13/h5-6,9,13H,2-4,7-8,15H2,1H3,(H,17,18). The van der Waals surface area contributed by atoms with Crippen molar-refractivity contribution in [3.05, 3.63) is 29.3 Å². The molecule has 0 bridgehead atoms. The number of carboxylic acid groups (broad SMARTS) is 1. The molecule has 0 fully saturated rings. The lowest BCUT2D eigenvalue weighted by molar-refractivity contribution is -0.137. The van der Waals surface area contributed by atoms with Crippen LogP contribution in [-0.2, 0) is 11.2 Å². The lowest BCUT2D eigenvalue weighted by atomic mass is 9.86. The van der Waals surface area contributed by atoms with E-state index in [1.807, 2.05) is 19.2 Å². The van der Waals surface area contributed by atoms with Crippen LogP contribution >= 0.6 is 0 Å². The molecule has 1 aromatic rings. The van der Waals surface area contributed by atoms with E-state index < -0.39 is 5.97 Å². The third-order valence-electron chi connectivity index (χ3n) is 3.66. The van der Waals surface area contributed by atoms with Crippen molar-refractivity contribution in [3.8, 4) is 0 Å². The van der Waals surface area contributed by atoms with E-state index in [0.717, 1.165) is 24.9 Å². The molecule has 3 N–H and O–H groups in total. The van der Waals surface area contributed by atoms with Crippen molar-refractivity contribution in [2.24, 2.45) is 0 Å². The Morgan fingerprint density at radius 2 is 2.33 bits per heavy atom. The molecule has 1 aromatic carbocycles. The number of carbonyl (C=O) groups is 1. The highest BCUT2D eigenvalue weighted by molar-refractivity contribution is 5.66. The maximum atomic E-state index is 10.6. The smallest absolute Gasteiger partial charge is 0.304 e. The first kappa shape index (κ1) is 12.9. The monoisotopic (exact) mass is 248 g/mol. The van der Waals surface area contributed by atoms with Crippen LogP contribution in [0.3, 0.4) is 0 Å². The predicted octanol–water partition coefficient (Wildman–Crippen LogP) is 2.05. The first-order chi connectivity index (χ1) is 8.58. The van der Waals surface area contributed by atoms with Gasteiger partial charge >= 0.3 is 5.97 Å². The number of aliphatic carboxylic acids is 1. The fourth-order valence-corrected chi connectivity index (χ4v) is 2.68. The van der Waals surface area contributed by atoms with Crippen LogP contribution in [0.2, 0.25) is 0 Å². The molecule has 98 valence electrons. The summed E-state index contributed by atoms with van der Waals surface area (Å²) in [6.45, 7) is 0.578. The lowest BCUT2D eigenvalue weighted by Gasteiger charge is -2.33. The van der Waals surface area contributed by atoms with E-state index in [2.05, 4.69) is 11.0 Å². The molecule has 0 saturated carbocycles. The molecular weight excluding hydrogens is 228 g/mol. The van der Waals surface area contributed by atoms with Crippen molar-refractivity contribution in [1.82, 2.24) is 4.90 Å². The van der Waals surface area contributed by atoms with Crippen LogP contribution in [-0.4, -0.2) is 29.6 Å². The minimum absolute atomic E-state index is 0.185. The molecule has 0 spiro atoms. The lowest BCUT2D eigenvalue weighted by Crippen LogP contribution is -2.29. The Morgan fingerprint density at radius 3 is 3.06 bits per heavy atom. The van der Waals surface area contributed by atoms with Gasteiger partial charge in [0.1, 0.15) is 0 Å². The van der Waals surface area contributed by atoms with Crippen LogP contribution in [0.15, 0.2) is 18.2 Å². The predicted molar refractivity (Wildman–Crippen MR) is 71.4 cm³/mol.